The number of nitro benzene ring substituents is 1. The van der Waals surface area contributed by atoms with E-state index in [0.29, 0.717) is 12.8 Å². The van der Waals surface area contributed by atoms with Crippen LogP contribution >= 0.6 is 0 Å². The van der Waals surface area contributed by atoms with Gasteiger partial charge in [0.1, 0.15) is 12.6 Å². The van der Waals surface area contributed by atoms with E-state index in [1.54, 1.807) is 0 Å². The fourth-order valence-corrected chi connectivity index (χ4v) is 5.48. The third-order valence-electron chi connectivity index (χ3n) is 6.58. The van der Waals surface area contributed by atoms with Crippen LogP contribution in [-0.2, 0) is 26.0 Å². The fourth-order valence-electron chi connectivity index (χ4n) is 4.64. The van der Waals surface area contributed by atoms with Gasteiger partial charge in [-0.15, -0.1) is 0 Å². The monoisotopic (exact) mass is 530 g/mol. The molecule has 2 aromatic rings. The molecular weight excluding hydrogens is 496 g/mol. The highest BCUT2D eigenvalue weighted by Crippen LogP contribution is 2.24. The molecule has 0 radical (unpaired) electrons. The lowest BCUT2D eigenvalue weighted by atomic mass is 10.1. The second-order valence-electron chi connectivity index (χ2n) is 9.28. The van der Waals surface area contributed by atoms with Crippen molar-refractivity contribution in [2.45, 2.75) is 57.5 Å². The number of sulfonamides is 1. The minimum Gasteiger partial charge on any atom is -0.352 e. The van der Waals surface area contributed by atoms with Crippen LogP contribution in [0.25, 0.3) is 0 Å². The number of hydrogen-bond donors (Lipinski definition) is 1. The van der Waals surface area contributed by atoms with Crippen molar-refractivity contribution in [3.63, 3.8) is 0 Å². The Morgan fingerprint density at radius 1 is 1.11 bits per heavy atom. The second-order valence-corrected chi connectivity index (χ2v) is 11.2. The molecule has 11 heteroatoms. The van der Waals surface area contributed by atoms with Gasteiger partial charge in [-0.3, -0.25) is 24.0 Å². The van der Waals surface area contributed by atoms with E-state index in [2.05, 4.69) is 5.32 Å². The highest BCUT2D eigenvalue weighted by atomic mass is 32.2. The number of benzene rings is 2. The summed E-state index contributed by atoms with van der Waals surface area (Å²) >= 11 is 0. The minimum atomic E-state index is -3.96. The first kappa shape index (κ1) is 28.1. The average molecular weight is 531 g/mol. The van der Waals surface area contributed by atoms with Crippen LogP contribution in [0.1, 0.15) is 44.6 Å². The van der Waals surface area contributed by atoms with Gasteiger partial charge in [0, 0.05) is 24.7 Å². The number of amides is 2. The number of nitro groups is 1. The Bertz CT molecular complexity index is 1200. The highest BCUT2D eigenvalue weighted by Gasteiger charge is 2.33. The summed E-state index contributed by atoms with van der Waals surface area (Å²) in [5, 5.41) is 14.3. The van der Waals surface area contributed by atoms with E-state index in [9.17, 15) is 28.1 Å². The van der Waals surface area contributed by atoms with Crippen molar-refractivity contribution in [3.05, 3.63) is 70.3 Å². The molecule has 1 aliphatic carbocycles. The molecule has 1 aliphatic rings. The minimum absolute atomic E-state index is 0.0107. The van der Waals surface area contributed by atoms with Gasteiger partial charge in [0.15, 0.2) is 0 Å². The average Bonchev–Trinajstić information content (AvgIpc) is 3.37. The predicted molar refractivity (Wildman–Crippen MR) is 142 cm³/mol. The first-order valence-electron chi connectivity index (χ1n) is 12.5. The summed E-state index contributed by atoms with van der Waals surface area (Å²) in [6.07, 6.45) is 5.67. The molecule has 0 bridgehead atoms. The summed E-state index contributed by atoms with van der Waals surface area (Å²) in [5.41, 5.74) is 0.698. The summed E-state index contributed by atoms with van der Waals surface area (Å²) in [6, 6.07) is 14.0. The number of nitrogens with zero attached hydrogens (tertiary/aromatic N) is 3. The lowest BCUT2D eigenvalue weighted by Crippen LogP contribution is -2.54. The van der Waals surface area contributed by atoms with E-state index in [4.69, 9.17) is 0 Å². The normalized spacial score (nSPS) is 14.6. The Balaban J connectivity index is 1.89. The van der Waals surface area contributed by atoms with Crippen LogP contribution in [-0.4, -0.2) is 61.5 Å². The zero-order valence-corrected chi connectivity index (χ0v) is 22.0. The van der Waals surface area contributed by atoms with Gasteiger partial charge in [0.25, 0.3) is 5.69 Å². The topological polar surface area (TPSA) is 130 Å². The summed E-state index contributed by atoms with van der Waals surface area (Å²) in [4.78, 5) is 39.0. The lowest BCUT2D eigenvalue weighted by molar-refractivity contribution is -0.384. The van der Waals surface area contributed by atoms with E-state index in [1.807, 2.05) is 37.3 Å². The van der Waals surface area contributed by atoms with E-state index in [-0.39, 0.29) is 29.9 Å². The number of nitrogens with one attached hydrogen (secondary N) is 1. The molecule has 10 nitrogen and oxygen atoms in total. The number of hydrogen-bond acceptors (Lipinski definition) is 6. The summed E-state index contributed by atoms with van der Waals surface area (Å²) in [7, 11) is -3.96. The van der Waals surface area contributed by atoms with Crippen LogP contribution in [0.2, 0.25) is 0 Å². The van der Waals surface area contributed by atoms with Gasteiger partial charge in [-0.1, -0.05) is 56.2 Å². The van der Waals surface area contributed by atoms with Gasteiger partial charge >= 0.3 is 0 Å². The van der Waals surface area contributed by atoms with Crippen LogP contribution in [0, 0.1) is 10.1 Å². The maximum absolute atomic E-state index is 13.7. The Hall–Kier alpha value is -3.47. The molecule has 200 valence electrons. The third-order valence-corrected chi connectivity index (χ3v) is 7.72. The van der Waals surface area contributed by atoms with Crippen LogP contribution in [0.4, 0.5) is 11.4 Å². The Kier molecular flexibility index (Phi) is 9.62. The molecule has 1 saturated carbocycles. The molecule has 3 rings (SSSR count). The molecule has 0 saturated heterocycles. The molecule has 1 fully saturated rings. The first-order chi connectivity index (χ1) is 17.6. The molecule has 2 aromatic carbocycles. The third kappa shape index (κ3) is 7.75. The van der Waals surface area contributed by atoms with Crippen molar-refractivity contribution < 1.29 is 22.9 Å². The number of non-ortho nitro benzene ring substituents is 1. The molecule has 1 N–H and O–H groups in total. The van der Waals surface area contributed by atoms with Gasteiger partial charge < -0.3 is 10.2 Å². The molecular formula is C26H34N4O6S. The second kappa shape index (κ2) is 12.7. The number of anilines is 1. The maximum Gasteiger partial charge on any atom is 0.271 e. The van der Waals surface area contributed by atoms with Crippen molar-refractivity contribution in [2.75, 3.05) is 23.7 Å². The van der Waals surface area contributed by atoms with E-state index < -0.39 is 33.4 Å². The molecule has 2 amide bonds. The largest absolute Gasteiger partial charge is 0.352 e. The maximum atomic E-state index is 13.7. The van der Waals surface area contributed by atoms with Gasteiger partial charge in [-0.2, -0.15) is 0 Å². The SMILES string of the molecule is CC[C@H](C(=O)NC1CCCC1)N(CCc1ccccc1)C(=O)CN(c1cccc([N+](=O)[O-])c1)S(C)(=O)=O. The molecule has 0 aromatic heterocycles. The van der Waals surface area contributed by atoms with E-state index in [1.165, 1.54) is 23.1 Å². The Labute approximate surface area is 217 Å². The lowest BCUT2D eigenvalue weighted by Gasteiger charge is -2.33. The molecule has 0 heterocycles. The van der Waals surface area contributed by atoms with Crippen LogP contribution in [0.5, 0.6) is 0 Å². The number of carbonyl (C=O) groups is 2. The van der Waals surface area contributed by atoms with E-state index >= 15 is 0 Å². The number of rotatable bonds is 12. The zero-order chi connectivity index (χ0) is 27.0. The number of carbonyl (C=O) groups excluding carboxylic acids is 2. The predicted octanol–water partition coefficient (Wildman–Crippen LogP) is 3.27. The molecule has 0 spiro atoms. The first-order valence-corrected chi connectivity index (χ1v) is 14.3. The van der Waals surface area contributed by atoms with Crippen molar-refractivity contribution in [1.29, 1.82) is 0 Å². The zero-order valence-electron chi connectivity index (χ0n) is 21.2. The smallest absolute Gasteiger partial charge is 0.271 e. The van der Waals surface area contributed by atoms with Gasteiger partial charge in [-0.25, -0.2) is 8.42 Å². The van der Waals surface area contributed by atoms with Crippen molar-refractivity contribution >= 4 is 33.2 Å². The molecule has 0 aliphatic heterocycles. The van der Waals surface area contributed by atoms with Gasteiger partial charge in [-0.05, 0) is 37.3 Å². The van der Waals surface area contributed by atoms with Gasteiger partial charge in [0.2, 0.25) is 21.8 Å². The summed E-state index contributed by atoms with van der Waals surface area (Å²) in [5.74, 6) is -0.807. The van der Waals surface area contributed by atoms with Crippen molar-refractivity contribution in [2.24, 2.45) is 0 Å². The molecule has 0 unspecified atom stereocenters. The van der Waals surface area contributed by atoms with Gasteiger partial charge in [0.05, 0.1) is 16.9 Å². The Morgan fingerprint density at radius 2 is 1.78 bits per heavy atom. The quantitative estimate of drug-likeness (QED) is 0.331. The van der Waals surface area contributed by atoms with Crippen LogP contribution in [0.15, 0.2) is 54.6 Å². The van der Waals surface area contributed by atoms with Crippen LogP contribution in [0.3, 0.4) is 0 Å². The highest BCUT2D eigenvalue weighted by molar-refractivity contribution is 7.92. The Morgan fingerprint density at radius 3 is 2.38 bits per heavy atom. The summed E-state index contributed by atoms with van der Waals surface area (Å²) < 4.78 is 26.2. The summed E-state index contributed by atoms with van der Waals surface area (Å²) in [6.45, 7) is 1.45. The van der Waals surface area contributed by atoms with Crippen molar-refractivity contribution in [3.8, 4) is 0 Å². The van der Waals surface area contributed by atoms with Crippen LogP contribution < -0.4 is 9.62 Å². The van der Waals surface area contributed by atoms with E-state index in [0.717, 1.165) is 47.9 Å². The fraction of sp³-hybridized carbons (Fsp3) is 0.462. The standard InChI is InChI=1S/C26H34N4O6S/c1-3-24(26(32)27-21-12-7-8-13-21)28(17-16-20-10-5-4-6-11-20)25(31)19-29(37(2,35)36)22-14-9-15-23(18-22)30(33)34/h4-6,9-11,14-15,18,21,24H,3,7-8,12-13,16-17,19H2,1-2H3,(H,27,32)/t24-/m1/s1. The molecule has 37 heavy (non-hydrogen) atoms. The molecule has 1 atom stereocenters. The van der Waals surface area contributed by atoms with Crippen molar-refractivity contribution in [1.82, 2.24) is 10.2 Å².